The normalized spacial score (nSPS) is 23.7. The number of piperidine rings is 2. The Kier molecular flexibility index (Phi) is 6.48. The van der Waals surface area contributed by atoms with Crippen molar-refractivity contribution >= 4 is 29.3 Å². The number of alkyl halides is 2. The van der Waals surface area contributed by atoms with E-state index in [-0.39, 0.29) is 42.2 Å². The predicted molar refractivity (Wildman–Crippen MR) is 143 cm³/mol. The summed E-state index contributed by atoms with van der Waals surface area (Å²) < 4.78 is 26.8. The van der Waals surface area contributed by atoms with Crippen LogP contribution in [-0.2, 0) is 22.7 Å². The number of aryl methyl sites for hydroxylation is 1. The van der Waals surface area contributed by atoms with E-state index >= 15 is 0 Å². The van der Waals surface area contributed by atoms with Crippen LogP contribution < -0.4 is 10.6 Å². The van der Waals surface area contributed by atoms with Crippen molar-refractivity contribution in [3.8, 4) is 0 Å². The molecule has 0 radical (unpaired) electrons. The van der Waals surface area contributed by atoms with Crippen LogP contribution >= 0.6 is 0 Å². The first-order chi connectivity index (χ1) is 19.0. The molecule has 8 nitrogen and oxygen atoms in total. The van der Waals surface area contributed by atoms with Gasteiger partial charge in [-0.05, 0) is 73.5 Å². The van der Waals surface area contributed by atoms with E-state index in [1.807, 2.05) is 6.07 Å². The minimum absolute atomic E-state index is 0.0356. The van der Waals surface area contributed by atoms with Gasteiger partial charge in [0, 0.05) is 38.0 Å². The maximum atomic E-state index is 13.4. The molecule has 3 aliphatic heterocycles. The molecule has 10 heteroatoms. The quantitative estimate of drug-likeness (QED) is 0.528. The molecule has 1 aliphatic carbocycles. The summed E-state index contributed by atoms with van der Waals surface area (Å²) in [4.78, 5) is 53.6. The summed E-state index contributed by atoms with van der Waals surface area (Å²) in [5.74, 6) is -4.60. The summed E-state index contributed by atoms with van der Waals surface area (Å²) in [5.41, 5.74) is 4.15. The molecule has 4 amide bonds. The van der Waals surface area contributed by atoms with Crippen LogP contribution in [0.1, 0.15) is 75.9 Å². The van der Waals surface area contributed by atoms with Gasteiger partial charge in [-0.3, -0.25) is 34.3 Å². The van der Waals surface area contributed by atoms with Crippen molar-refractivity contribution in [2.24, 2.45) is 5.41 Å². The maximum absolute atomic E-state index is 13.4. The zero-order valence-corrected chi connectivity index (χ0v) is 22.4. The first kappa shape index (κ1) is 26.6. The van der Waals surface area contributed by atoms with E-state index in [0.29, 0.717) is 12.2 Å². The fraction of sp³-hybridized carbons (Fsp3) is 0.467. The number of hydrogen-bond acceptors (Lipinski definition) is 6. The lowest BCUT2D eigenvalue weighted by atomic mass is 9.61. The first-order valence-electron chi connectivity index (χ1n) is 13.8. The largest absolute Gasteiger partial charge is 0.380 e. The van der Waals surface area contributed by atoms with Gasteiger partial charge < -0.3 is 5.32 Å². The second-order valence-corrected chi connectivity index (χ2v) is 11.8. The average Bonchev–Trinajstić information content (AvgIpc) is 3.15. The topological polar surface area (TPSA) is 98.8 Å². The highest BCUT2D eigenvalue weighted by molar-refractivity contribution is 6.25. The van der Waals surface area contributed by atoms with Gasteiger partial charge in [-0.2, -0.15) is 0 Å². The molecule has 4 aliphatic rings. The first-order valence-corrected chi connectivity index (χ1v) is 13.8. The molecule has 3 fully saturated rings. The van der Waals surface area contributed by atoms with E-state index in [1.54, 1.807) is 18.2 Å². The van der Waals surface area contributed by atoms with Crippen molar-refractivity contribution in [1.29, 1.82) is 0 Å². The summed E-state index contributed by atoms with van der Waals surface area (Å²) in [6.07, 6.45) is 1.91. The summed E-state index contributed by atoms with van der Waals surface area (Å²) in [5, 5.41) is 5.50. The van der Waals surface area contributed by atoms with Crippen LogP contribution in [0.25, 0.3) is 0 Å². The number of carbonyl (C=O) groups is 4. The van der Waals surface area contributed by atoms with Crippen molar-refractivity contribution < 1.29 is 28.0 Å². The van der Waals surface area contributed by atoms with Gasteiger partial charge in [0.2, 0.25) is 17.7 Å². The minimum atomic E-state index is -2.47. The summed E-state index contributed by atoms with van der Waals surface area (Å²) in [6, 6.07) is 10.2. The van der Waals surface area contributed by atoms with Crippen molar-refractivity contribution in [1.82, 2.24) is 15.1 Å². The fourth-order valence-electron chi connectivity index (χ4n) is 6.73. The third kappa shape index (κ3) is 4.78. The Morgan fingerprint density at radius 3 is 2.45 bits per heavy atom. The lowest BCUT2D eigenvalue weighted by molar-refractivity contribution is -0.178. The van der Waals surface area contributed by atoms with Crippen molar-refractivity contribution in [2.75, 3.05) is 18.4 Å². The van der Waals surface area contributed by atoms with Crippen LogP contribution in [0, 0.1) is 12.3 Å². The molecule has 2 aromatic rings. The monoisotopic (exact) mass is 550 g/mol. The summed E-state index contributed by atoms with van der Waals surface area (Å²) in [6.45, 7) is 4.93. The van der Waals surface area contributed by atoms with Gasteiger partial charge >= 0.3 is 0 Å². The lowest BCUT2D eigenvalue weighted by Gasteiger charge is -2.51. The van der Waals surface area contributed by atoms with Crippen LogP contribution in [-0.4, -0.2) is 58.5 Å². The molecule has 0 bridgehead atoms. The molecule has 1 spiro atoms. The Morgan fingerprint density at radius 2 is 1.77 bits per heavy atom. The highest BCUT2D eigenvalue weighted by Crippen LogP contribution is 2.57. The van der Waals surface area contributed by atoms with E-state index in [9.17, 15) is 28.0 Å². The van der Waals surface area contributed by atoms with E-state index < -0.39 is 35.6 Å². The Hall–Kier alpha value is -3.66. The Labute approximate surface area is 231 Å². The van der Waals surface area contributed by atoms with Crippen molar-refractivity contribution in [2.45, 2.75) is 70.5 Å². The molecule has 1 unspecified atom stereocenters. The Balaban J connectivity index is 1.09. The number of rotatable bonds is 6. The molecule has 3 heterocycles. The highest BCUT2D eigenvalue weighted by atomic mass is 19.3. The average molecular weight is 551 g/mol. The third-order valence-electron chi connectivity index (χ3n) is 8.94. The molecule has 1 saturated carbocycles. The van der Waals surface area contributed by atoms with Gasteiger partial charge in [-0.25, -0.2) is 8.78 Å². The van der Waals surface area contributed by atoms with Gasteiger partial charge in [0.15, 0.2) is 0 Å². The van der Waals surface area contributed by atoms with Gasteiger partial charge in [-0.15, -0.1) is 0 Å². The predicted octanol–water partition coefficient (Wildman–Crippen LogP) is 4.02. The van der Waals surface area contributed by atoms with Crippen LogP contribution in [0.2, 0.25) is 0 Å². The highest BCUT2D eigenvalue weighted by Gasteiger charge is 2.56. The van der Waals surface area contributed by atoms with Gasteiger partial charge in [-0.1, -0.05) is 24.3 Å². The Bertz CT molecular complexity index is 1410. The summed E-state index contributed by atoms with van der Waals surface area (Å²) in [7, 11) is 0. The molecule has 2 N–H and O–H groups in total. The van der Waals surface area contributed by atoms with Gasteiger partial charge in [0.1, 0.15) is 6.04 Å². The molecule has 40 heavy (non-hydrogen) atoms. The van der Waals surface area contributed by atoms with Crippen LogP contribution in [0.15, 0.2) is 36.4 Å². The molecule has 2 saturated heterocycles. The lowest BCUT2D eigenvalue weighted by Crippen LogP contribution is -2.54. The van der Waals surface area contributed by atoms with Gasteiger partial charge in [0.25, 0.3) is 11.8 Å². The molecular weight excluding hydrogens is 518 g/mol. The molecular formula is C30H32F2N4O4. The van der Waals surface area contributed by atoms with Crippen molar-refractivity contribution in [3.05, 3.63) is 64.2 Å². The van der Waals surface area contributed by atoms with E-state index in [0.717, 1.165) is 48.5 Å². The number of amides is 4. The maximum Gasteiger partial charge on any atom is 0.264 e. The van der Waals surface area contributed by atoms with E-state index in [1.165, 1.54) is 5.56 Å². The Morgan fingerprint density at radius 1 is 1.02 bits per heavy atom. The number of halogens is 2. The van der Waals surface area contributed by atoms with Crippen molar-refractivity contribution in [3.63, 3.8) is 0 Å². The number of hydrogen-bond donors (Lipinski definition) is 2. The fourth-order valence-corrected chi connectivity index (χ4v) is 6.73. The number of likely N-dealkylation sites (tertiary alicyclic amines) is 1. The van der Waals surface area contributed by atoms with Gasteiger partial charge in [0.05, 0.1) is 11.1 Å². The molecule has 6 rings (SSSR count). The molecule has 1 atom stereocenters. The number of fused-ring (bicyclic) bond motifs is 1. The number of nitrogens with zero attached hydrogens (tertiary/aromatic N) is 2. The van der Waals surface area contributed by atoms with Crippen LogP contribution in [0.5, 0.6) is 0 Å². The molecule has 2 aromatic carbocycles. The third-order valence-corrected chi connectivity index (χ3v) is 8.94. The molecule has 210 valence electrons. The second kappa shape index (κ2) is 9.76. The number of imide groups is 2. The van der Waals surface area contributed by atoms with Crippen LogP contribution in [0.4, 0.5) is 14.5 Å². The summed E-state index contributed by atoms with van der Waals surface area (Å²) >= 11 is 0. The number of benzene rings is 2. The standard InChI is InChI=1S/C30H32F2N4O4/c1-18-13-19(5-6-20(18)15-35-11-9-29(10-12-35)16-30(31,32)17-29)14-33-22-4-2-3-21-25(22)28(40)36(27(21)39)23-7-8-24(37)34-26(23)38/h2-6,13,23,33H,7-12,14-17H2,1H3,(H,34,37,38). The minimum Gasteiger partial charge on any atom is -0.380 e. The van der Waals surface area contributed by atoms with E-state index in [2.05, 4.69) is 34.6 Å². The SMILES string of the molecule is Cc1cc(CNc2cccc3c2C(=O)N(C2CCC(=O)NC2=O)C3=O)ccc1CN1CCC2(CC1)CC(F)(F)C2. The number of nitrogens with one attached hydrogen (secondary N) is 2. The zero-order valence-electron chi connectivity index (χ0n) is 22.4. The second-order valence-electron chi connectivity index (χ2n) is 11.8. The number of carbonyl (C=O) groups excluding carboxylic acids is 4. The molecule has 0 aromatic heterocycles. The van der Waals surface area contributed by atoms with Crippen LogP contribution in [0.3, 0.4) is 0 Å². The smallest absolute Gasteiger partial charge is 0.264 e. The zero-order chi connectivity index (χ0) is 28.2. The van der Waals surface area contributed by atoms with E-state index in [4.69, 9.17) is 0 Å². The number of anilines is 1.